The highest BCUT2D eigenvalue weighted by atomic mass is 16.1. The predicted molar refractivity (Wildman–Crippen MR) is 45.7 cm³/mol. The Bertz CT molecular complexity index is 430. The van der Waals surface area contributed by atoms with Crippen LogP contribution in [0.3, 0.4) is 0 Å². The van der Waals surface area contributed by atoms with Gasteiger partial charge in [0.2, 0.25) is 0 Å². The Morgan fingerprint density at radius 1 is 1.18 bits per heavy atom. The molecule has 0 saturated carbocycles. The fourth-order valence-electron chi connectivity index (χ4n) is 1.13. The first-order valence-corrected chi connectivity index (χ1v) is 3.44. The Balaban J connectivity index is 0.000000720. The SMILES string of the molecule is O=c1[nH]ccc2ccccc12.[H+]. The van der Waals surface area contributed by atoms with Gasteiger partial charge in [0, 0.05) is 11.6 Å². The van der Waals surface area contributed by atoms with Crippen LogP contribution in [0.2, 0.25) is 0 Å². The summed E-state index contributed by atoms with van der Waals surface area (Å²) in [7, 11) is 0. The van der Waals surface area contributed by atoms with Crippen LogP contribution in [-0.4, -0.2) is 4.98 Å². The molecule has 1 heterocycles. The number of hydrogen-bond donors (Lipinski definition) is 1. The summed E-state index contributed by atoms with van der Waals surface area (Å²) in [5.41, 5.74) is -0.0249. The number of H-pyrrole nitrogens is 1. The monoisotopic (exact) mass is 146 g/mol. The number of hydrogen-bond acceptors (Lipinski definition) is 1. The average Bonchev–Trinajstić information content (AvgIpc) is 2.06. The minimum atomic E-state index is -0.0249. The molecule has 0 atom stereocenters. The number of aromatic amines is 1. The molecular formula is C9H8NO+. The number of nitrogens with one attached hydrogen (secondary N) is 1. The smallest absolute Gasteiger partial charge is 0.329 e. The summed E-state index contributed by atoms with van der Waals surface area (Å²) in [6.07, 6.45) is 1.66. The van der Waals surface area contributed by atoms with Gasteiger partial charge in [-0.05, 0) is 17.5 Å². The topological polar surface area (TPSA) is 32.9 Å². The fourth-order valence-corrected chi connectivity index (χ4v) is 1.13. The van der Waals surface area contributed by atoms with Crippen LogP contribution in [0.5, 0.6) is 0 Å². The van der Waals surface area contributed by atoms with Crippen LogP contribution < -0.4 is 5.56 Å². The second kappa shape index (κ2) is 2.23. The maximum Gasteiger partial charge on any atom is 1.00 e. The molecule has 1 N–H and O–H groups in total. The first-order valence-electron chi connectivity index (χ1n) is 3.44. The molecule has 0 unspecified atom stereocenters. The Hall–Kier alpha value is -1.57. The lowest BCUT2D eigenvalue weighted by atomic mass is 10.2. The minimum Gasteiger partial charge on any atom is -0.329 e. The fraction of sp³-hybridized carbons (Fsp3) is 0. The van der Waals surface area contributed by atoms with Crippen molar-refractivity contribution in [1.82, 2.24) is 4.98 Å². The summed E-state index contributed by atoms with van der Waals surface area (Å²) < 4.78 is 0. The van der Waals surface area contributed by atoms with E-state index in [4.69, 9.17) is 0 Å². The lowest BCUT2D eigenvalue weighted by Crippen LogP contribution is -2.03. The minimum absolute atomic E-state index is 0. The summed E-state index contributed by atoms with van der Waals surface area (Å²) in [5, 5.41) is 1.73. The highest BCUT2D eigenvalue weighted by Gasteiger charge is 1.92. The molecule has 0 aliphatic carbocycles. The van der Waals surface area contributed by atoms with E-state index in [2.05, 4.69) is 4.98 Å². The van der Waals surface area contributed by atoms with Crippen LogP contribution in [0.25, 0.3) is 10.8 Å². The second-order valence-corrected chi connectivity index (χ2v) is 2.39. The van der Waals surface area contributed by atoms with E-state index < -0.39 is 0 Å². The molecule has 54 valence electrons. The molecule has 2 heteroatoms. The first-order chi connectivity index (χ1) is 5.38. The zero-order valence-corrected chi connectivity index (χ0v) is 5.87. The van der Waals surface area contributed by atoms with Crippen molar-refractivity contribution in [3.8, 4) is 0 Å². The summed E-state index contributed by atoms with van der Waals surface area (Å²) in [4.78, 5) is 13.7. The van der Waals surface area contributed by atoms with E-state index in [0.29, 0.717) is 0 Å². The van der Waals surface area contributed by atoms with Gasteiger partial charge in [0.25, 0.3) is 5.56 Å². The molecule has 0 saturated heterocycles. The molecule has 11 heavy (non-hydrogen) atoms. The van der Waals surface area contributed by atoms with Crippen LogP contribution in [0, 0.1) is 0 Å². The van der Waals surface area contributed by atoms with Crippen molar-refractivity contribution in [2.75, 3.05) is 0 Å². The maximum atomic E-state index is 11.1. The Kier molecular flexibility index (Phi) is 1.25. The number of aromatic nitrogens is 1. The third kappa shape index (κ3) is 0.923. The van der Waals surface area contributed by atoms with Gasteiger partial charge in [-0.3, -0.25) is 4.79 Å². The van der Waals surface area contributed by atoms with Crippen molar-refractivity contribution >= 4 is 10.8 Å². The predicted octanol–water partition coefficient (Wildman–Crippen LogP) is 1.64. The molecule has 2 rings (SSSR count). The quantitative estimate of drug-likeness (QED) is 0.602. The molecule has 0 aliphatic heterocycles. The molecule has 2 nitrogen and oxygen atoms in total. The van der Waals surface area contributed by atoms with Gasteiger partial charge in [-0.15, -0.1) is 0 Å². The molecule has 0 spiro atoms. The van der Waals surface area contributed by atoms with Crippen LogP contribution in [0.4, 0.5) is 0 Å². The van der Waals surface area contributed by atoms with Crippen molar-refractivity contribution in [2.45, 2.75) is 0 Å². The standard InChI is InChI=1S/C9H7NO/c11-9-8-4-2-1-3-7(8)5-6-10-9/h1-6H,(H,10,11)/p+1. The number of rotatable bonds is 0. The average molecular weight is 146 g/mol. The largest absolute Gasteiger partial charge is 1.00 e. The van der Waals surface area contributed by atoms with E-state index in [0.717, 1.165) is 10.8 Å². The van der Waals surface area contributed by atoms with Crippen molar-refractivity contribution in [3.05, 3.63) is 46.9 Å². The third-order valence-corrected chi connectivity index (χ3v) is 1.68. The van der Waals surface area contributed by atoms with Gasteiger partial charge in [0.15, 0.2) is 0 Å². The molecule has 1 aromatic heterocycles. The number of fused-ring (bicyclic) bond motifs is 1. The first kappa shape index (κ1) is 6.16. The van der Waals surface area contributed by atoms with Crippen LogP contribution in [-0.2, 0) is 0 Å². The van der Waals surface area contributed by atoms with Gasteiger partial charge in [0.05, 0.1) is 0 Å². The molecule has 0 aliphatic rings. The Morgan fingerprint density at radius 3 is 2.82 bits per heavy atom. The molecule has 0 bridgehead atoms. The summed E-state index contributed by atoms with van der Waals surface area (Å²) in [6, 6.07) is 9.40. The number of benzene rings is 1. The Labute approximate surface area is 65.0 Å². The molecule has 0 amide bonds. The summed E-state index contributed by atoms with van der Waals surface area (Å²) >= 11 is 0. The van der Waals surface area contributed by atoms with E-state index in [1.54, 1.807) is 6.20 Å². The van der Waals surface area contributed by atoms with Crippen LogP contribution in [0.15, 0.2) is 41.3 Å². The van der Waals surface area contributed by atoms with E-state index in [1.165, 1.54) is 0 Å². The molecule has 1 aromatic carbocycles. The van der Waals surface area contributed by atoms with E-state index in [-0.39, 0.29) is 6.99 Å². The third-order valence-electron chi connectivity index (χ3n) is 1.68. The van der Waals surface area contributed by atoms with Gasteiger partial charge >= 0.3 is 1.43 Å². The van der Waals surface area contributed by atoms with Gasteiger partial charge in [-0.25, -0.2) is 0 Å². The summed E-state index contributed by atoms with van der Waals surface area (Å²) in [6.45, 7) is 0. The normalized spacial score (nSPS) is 10.2. The molecule has 0 fully saturated rings. The van der Waals surface area contributed by atoms with Gasteiger partial charge < -0.3 is 4.98 Å². The number of pyridine rings is 1. The van der Waals surface area contributed by atoms with Gasteiger partial charge in [-0.1, -0.05) is 18.2 Å². The van der Waals surface area contributed by atoms with Gasteiger partial charge in [-0.2, -0.15) is 0 Å². The zero-order valence-electron chi connectivity index (χ0n) is 6.87. The van der Waals surface area contributed by atoms with Crippen molar-refractivity contribution in [1.29, 1.82) is 0 Å². The Morgan fingerprint density at radius 2 is 2.00 bits per heavy atom. The van der Waals surface area contributed by atoms with Crippen molar-refractivity contribution in [2.24, 2.45) is 0 Å². The van der Waals surface area contributed by atoms with Gasteiger partial charge in [0.1, 0.15) is 0 Å². The molecule has 0 radical (unpaired) electrons. The highest BCUT2D eigenvalue weighted by molar-refractivity contribution is 5.80. The lowest BCUT2D eigenvalue weighted by molar-refractivity contribution is 1.28. The van der Waals surface area contributed by atoms with E-state index in [9.17, 15) is 4.79 Å². The highest BCUT2D eigenvalue weighted by Crippen LogP contribution is 2.05. The van der Waals surface area contributed by atoms with E-state index in [1.807, 2.05) is 30.3 Å². The lowest BCUT2D eigenvalue weighted by Gasteiger charge is -1.92. The molecule has 2 aromatic rings. The summed E-state index contributed by atoms with van der Waals surface area (Å²) in [5.74, 6) is 0. The van der Waals surface area contributed by atoms with Crippen molar-refractivity contribution < 1.29 is 1.43 Å². The zero-order chi connectivity index (χ0) is 7.68. The maximum absolute atomic E-state index is 11.1. The second-order valence-electron chi connectivity index (χ2n) is 2.39. The van der Waals surface area contributed by atoms with Crippen LogP contribution >= 0.6 is 0 Å². The van der Waals surface area contributed by atoms with E-state index >= 15 is 0 Å². The van der Waals surface area contributed by atoms with Crippen LogP contribution in [0.1, 0.15) is 1.43 Å². The van der Waals surface area contributed by atoms with Crippen molar-refractivity contribution in [3.63, 3.8) is 0 Å². The molecular weight excluding hydrogens is 138 g/mol.